The molecule has 0 saturated carbocycles. The molecule has 0 unspecified atom stereocenters. The molecule has 1 aromatic carbocycles. The summed E-state index contributed by atoms with van der Waals surface area (Å²) >= 11 is 3.30. The number of rotatable bonds is 3. The monoisotopic (exact) mass is 517 g/mol. The van der Waals surface area contributed by atoms with Gasteiger partial charge < -0.3 is 14.0 Å². The van der Waals surface area contributed by atoms with E-state index in [-0.39, 0.29) is 17.7 Å². The predicted octanol–water partition coefficient (Wildman–Crippen LogP) is 2.99. The molecule has 0 atom stereocenters. The third kappa shape index (κ3) is 3.86. The van der Waals surface area contributed by atoms with Gasteiger partial charge in [-0.15, -0.1) is 0 Å². The maximum atomic E-state index is 13.3. The van der Waals surface area contributed by atoms with Crippen LogP contribution in [0.1, 0.15) is 26.5 Å². The highest BCUT2D eigenvalue weighted by molar-refractivity contribution is 9.10. The van der Waals surface area contributed by atoms with Gasteiger partial charge in [0.15, 0.2) is 15.9 Å². The second-order valence-corrected chi connectivity index (χ2v) is 9.43. The summed E-state index contributed by atoms with van der Waals surface area (Å²) in [5.74, 6) is 0.615. The van der Waals surface area contributed by atoms with E-state index in [0.29, 0.717) is 27.1 Å². The van der Waals surface area contributed by atoms with Crippen LogP contribution < -0.4 is 16.0 Å². The Kier molecular flexibility index (Phi) is 5.47. The van der Waals surface area contributed by atoms with Crippen molar-refractivity contribution in [1.82, 2.24) is 23.3 Å². The van der Waals surface area contributed by atoms with E-state index in [1.807, 2.05) is 0 Å². The maximum Gasteiger partial charge on any atom is 0.419 e. The molecule has 0 fully saturated rings. The number of aromatic nitrogens is 5. The first-order chi connectivity index (χ1) is 15.4. The van der Waals surface area contributed by atoms with Crippen LogP contribution in [0.15, 0.2) is 38.6 Å². The van der Waals surface area contributed by atoms with Gasteiger partial charge >= 0.3 is 11.8 Å². The Morgan fingerprint density at radius 2 is 1.82 bits per heavy atom. The van der Waals surface area contributed by atoms with E-state index in [2.05, 4.69) is 20.9 Å². The molecule has 0 saturated heterocycles. The van der Waals surface area contributed by atoms with Crippen molar-refractivity contribution >= 4 is 44.1 Å². The highest BCUT2D eigenvalue weighted by atomic mass is 79.9. The molecule has 0 spiro atoms. The average molecular weight is 518 g/mol. The Balaban J connectivity index is 1.95. The fourth-order valence-electron chi connectivity index (χ4n) is 3.74. The molecule has 3 aromatic heterocycles. The van der Waals surface area contributed by atoms with E-state index in [0.717, 1.165) is 4.57 Å². The fourth-order valence-corrected chi connectivity index (χ4v) is 4.08. The van der Waals surface area contributed by atoms with Crippen molar-refractivity contribution in [3.8, 4) is 5.75 Å². The molecule has 0 N–H and O–H groups in total. The molecule has 0 radical (unpaired) electrons. The molecular weight excluding hydrogens is 494 g/mol. The lowest BCUT2D eigenvalue weighted by Gasteiger charge is -2.21. The molecule has 0 aliphatic carbocycles. The van der Waals surface area contributed by atoms with Gasteiger partial charge in [-0.2, -0.15) is 0 Å². The van der Waals surface area contributed by atoms with Crippen LogP contribution in [0.25, 0.3) is 22.1 Å². The van der Waals surface area contributed by atoms with Crippen molar-refractivity contribution in [2.24, 2.45) is 14.1 Å². The van der Waals surface area contributed by atoms with Gasteiger partial charge in [-0.1, -0.05) is 0 Å². The number of carbonyl (C=O) groups is 1. The van der Waals surface area contributed by atoms with E-state index in [1.165, 1.54) is 9.13 Å². The molecular formula is C22H24BrN5O5. The lowest BCUT2D eigenvalue weighted by molar-refractivity contribution is 0.0540. The van der Waals surface area contributed by atoms with Crippen LogP contribution in [-0.2, 0) is 25.4 Å². The number of carbonyl (C=O) groups excluding carboxylic acids is 1. The quantitative estimate of drug-likeness (QED) is 0.387. The lowest BCUT2D eigenvalue weighted by atomic mass is 10.2. The first kappa shape index (κ1) is 22.8. The average Bonchev–Trinajstić information content (AvgIpc) is 3.24. The zero-order chi connectivity index (χ0) is 24.2. The summed E-state index contributed by atoms with van der Waals surface area (Å²) in [6.45, 7) is 5.18. The number of hydrogen-bond donors (Lipinski definition) is 0. The minimum Gasteiger partial charge on any atom is -0.497 e. The number of nitrogens with zero attached hydrogens (tertiary/aromatic N) is 5. The van der Waals surface area contributed by atoms with Gasteiger partial charge in [0.2, 0.25) is 0 Å². The second-order valence-electron chi connectivity index (χ2n) is 8.72. The summed E-state index contributed by atoms with van der Waals surface area (Å²) < 4.78 is 16.7. The predicted molar refractivity (Wildman–Crippen MR) is 127 cm³/mol. The number of hydrogen-bond acceptors (Lipinski definition) is 6. The van der Waals surface area contributed by atoms with Gasteiger partial charge in [-0.25, -0.2) is 19.1 Å². The third-order valence-electron chi connectivity index (χ3n) is 5.29. The Morgan fingerprint density at radius 3 is 2.45 bits per heavy atom. The molecule has 0 aliphatic rings. The number of ether oxygens (including phenoxy) is 2. The van der Waals surface area contributed by atoms with Gasteiger partial charge in [-0.05, 0) is 61.0 Å². The smallest absolute Gasteiger partial charge is 0.419 e. The summed E-state index contributed by atoms with van der Waals surface area (Å²) in [6, 6.07) is 7.00. The number of methoxy groups -OCH3 is 1. The molecule has 33 heavy (non-hydrogen) atoms. The van der Waals surface area contributed by atoms with Crippen LogP contribution in [0, 0.1) is 0 Å². The molecule has 10 nitrogen and oxygen atoms in total. The Morgan fingerprint density at radius 1 is 1.12 bits per heavy atom. The van der Waals surface area contributed by atoms with Crippen LogP contribution in [0.5, 0.6) is 5.75 Å². The molecule has 11 heteroatoms. The zero-order valence-electron chi connectivity index (χ0n) is 19.2. The highest BCUT2D eigenvalue weighted by Gasteiger charge is 2.24. The van der Waals surface area contributed by atoms with E-state index >= 15 is 0 Å². The summed E-state index contributed by atoms with van der Waals surface area (Å²) in [4.78, 5) is 43.7. The minimum atomic E-state index is -0.732. The first-order valence-corrected chi connectivity index (χ1v) is 11.0. The normalized spacial score (nSPS) is 12.0. The third-order valence-corrected chi connectivity index (χ3v) is 6.00. The highest BCUT2D eigenvalue weighted by Crippen LogP contribution is 2.26. The van der Waals surface area contributed by atoms with Crippen molar-refractivity contribution in [1.29, 1.82) is 0 Å². The second kappa shape index (κ2) is 7.91. The molecule has 0 amide bonds. The van der Waals surface area contributed by atoms with Crippen LogP contribution in [0.4, 0.5) is 4.79 Å². The zero-order valence-corrected chi connectivity index (χ0v) is 20.8. The minimum absolute atomic E-state index is 0.138. The summed E-state index contributed by atoms with van der Waals surface area (Å²) in [5, 5.41) is 0.712. The standard InChI is InChI=1S/C22H24BrN5O5/c1-22(2,3)33-21(31)28-13(9-12-10-14(32-6)7-8-15(12)28)11-27-18(29)16-17(26(5)20(27)30)24-19(23)25(16)4/h7-10H,11H2,1-6H3. The molecule has 174 valence electrons. The van der Waals surface area contributed by atoms with Gasteiger partial charge in [0, 0.05) is 19.5 Å². The van der Waals surface area contributed by atoms with Crippen LogP contribution in [0.2, 0.25) is 0 Å². The molecule has 0 aliphatic heterocycles. The summed E-state index contributed by atoms with van der Waals surface area (Å²) in [6.07, 6.45) is -0.605. The number of aryl methyl sites for hydroxylation is 2. The Hall–Kier alpha value is -3.34. The van der Waals surface area contributed by atoms with Crippen molar-refractivity contribution < 1.29 is 14.3 Å². The molecule has 0 bridgehead atoms. The van der Waals surface area contributed by atoms with Crippen molar-refractivity contribution in [2.75, 3.05) is 7.11 Å². The van der Waals surface area contributed by atoms with Gasteiger partial charge in [0.1, 0.15) is 11.4 Å². The summed E-state index contributed by atoms with van der Waals surface area (Å²) in [7, 11) is 4.78. The van der Waals surface area contributed by atoms with Gasteiger partial charge in [0.05, 0.1) is 24.9 Å². The van der Waals surface area contributed by atoms with Crippen molar-refractivity contribution in [2.45, 2.75) is 32.9 Å². The van der Waals surface area contributed by atoms with Crippen LogP contribution in [-0.4, -0.2) is 42.1 Å². The fraction of sp³-hybridized carbons (Fsp3) is 0.364. The number of fused-ring (bicyclic) bond motifs is 2. The SMILES string of the molecule is COc1ccc2c(c1)cc(Cn1c(=O)c3c(nc(Br)n3C)n(C)c1=O)n2C(=O)OC(C)(C)C. The van der Waals surface area contributed by atoms with Crippen molar-refractivity contribution in [3.05, 3.63) is 55.5 Å². The van der Waals surface area contributed by atoms with E-state index in [1.54, 1.807) is 70.8 Å². The largest absolute Gasteiger partial charge is 0.497 e. The van der Waals surface area contributed by atoms with E-state index < -0.39 is 22.9 Å². The molecule has 4 rings (SSSR count). The van der Waals surface area contributed by atoms with Crippen LogP contribution >= 0.6 is 15.9 Å². The number of imidazole rings is 1. The van der Waals surface area contributed by atoms with Gasteiger partial charge in [0.25, 0.3) is 5.56 Å². The van der Waals surface area contributed by atoms with Crippen molar-refractivity contribution in [3.63, 3.8) is 0 Å². The number of benzene rings is 1. The Bertz CT molecular complexity index is 1530. The van der Waals surface area contributed by atoms with E-state index in [4.69, 9.17) is 9.47 Å². The molecule has 4 aromatic rings. The van der Waals surface area contributed by atoms with Gasteiger partial charge in [-0.3, -0.25) is 13.9 Å². The first-order valence-electron chi connectivity index (χ1n) is 10.2. The van der Waals surface area contributed by atoms with E-state index in [9.17, 15) is 14.4 Å². The number of halogens is 1. The maximum absolute atomic E-state index is 13.3. The Labute approximate surface area is 197 Å². The van der Waals surface area contributed by atoms with Crippen LogP contribution in [0.3, 0.4) is 0 Å². The summed E-state index contributed by atoms with van der Waals surface area (Å²) in [5.41, 5.74) is -0.242. The topological polar surface area (TPSA) is 102 Å². The molecule has 3 heterocycles. The lowest BCUT2D eigenvalue weighted by Crippen LogP contribution is -2.40.